The molecule has 0 aromatic heterocycles. The van der Waals surface area contributed by atoms with Crippen LogP contribution in [0.5, 0.6) is 0 Å². The molecule has 19 heavy (non-hydrogen) atoms. The average molecular weight is 271 g/mol. The van der Waals surface area contributed by atoms with Crippen molar-refractivity contribution in [3.63, 3.8) is 0 Å². The van der Waals surface area contributed by atoms with Crippen molar-refractivity contribution >= 4 is 5.91 Å². The molecule has 0 spiro atoms. The molecule has 0 aliphatic carbocycles. The fraction of sp³-hybridized carbons (Fsp3) is 0.929. The summed E-state index contributed by atoms with van der Waals surface area (Å²) >= 11 is 0. The molecule has 0 bridgehead atoms. The predicted octanol–water partition coefficient (Wildman–Crippen LogP) is 0.555. The van der Waals surface area contributed by atoms with Crippen molar-refractivity contribution in [3.8, 4) is 0 Å². The van der Waals surface area contributed by atoms with E-state index in [9.17, 15) is 4.79 Å². The van der Waals surface area contributed by atoms with Gasteiger partial charge in [0.05, 0.1) is 12.6 Å². The summed E-state index contributed by atoms with van der Waals surface area (Å²) in [5, 5.41) is 3.22. The maximum atomic E-state index is 11.9. The Kier molecular flexibility index (Phi) is 8.02. The first-order valence-corrected chi connectivity index (χ1v) is 7.38. The second-order valence-corrected chi connectivity index (χ2v) is 5.49. The molecule has 0 unspecified atom stereocenters. The van der Waals surface area contributed by atoms with Gasteiger partial charge in [-0.15, -0.1) is 0 Å². The van der Waals surface area contributed by atoms with E-state index >= 15 is 0 Å². The summed E-state index contributed by atoms with van der Waals surface area (Å²) in [7, 11) is 2.10. The first kappa shape index (κ1) is 16.4. The molecular weight excluding hydrogens is 242 g/mol. The summed E-state index contributed by atoms with van der Waals surface area (Å²) < 4.78 is 5.47. The second-order valence-electron chi connectivity index (χ2n) is 5.49. The predicted molar refractivity (Wildman–Crippen MR) is 77.3 cm³/mol. The van der Waals surface area contributed by atoms with Crippen molar-refractivity contribution in [1.82, 2.24) is 15.1 Å². The Hall–Kier alpha value is -0.650. The minimum atomic E-state index is 0.228. The van der Waals surface area contributed by atoms with Gasteiger partial charge in [0.15, 0.2) is 0 Å². The Labute approximate surface area is 117 Å². The molecule has 0 atom stereocenters. The van der Waals surface area contributed by atoms with E-state index in [1.54, 1.807) is 0 Å². The van der Waals surface area contributed by atoms with Gasteiger partial charge in [0, 0.05) is 32.8 Å². The number of rotatable bonds is 8. The zero-order valence-corrected chi connectivity index (χ0v) is 12.7. The summed E-state index contributed by atoms with van der Waals surface area (Å²) in [6.07, 6.45) is 2.42. The normalized spacial score (nSPS) is 17.2. The Morgan fingerprint density at radius 2 is 1.89 bits per heavy atom. The number of carbonyl (C=O) groups excluding carboxylic acids is 1. The Balaban J connectivity index is 1.95. The Morgan fingerprint density at radius 3 is 2.53 bits per heavy atom. The first-order chi connectivity index (χ1) is 9.09. The van der Waals surface area contributed by atoms with Gasteiger partial charge < -0.3 is 19.9 Å². The van der Waals surface area contributed by atoms with Crippen molar-refractivity contribution in [1.29, 1.82) is 0 Å². The third kappa shape index (κ3) is 7.50. The maximum Gasteiger partial charge on any atom is 0.236 e. The maximum absolute atomic E-state index is 11.9. The third-order valence-electron chi connectivity index (χ3n) is 3.33. The summed E-state index contributed by atoms with van der Waals surface area (Å²) in [6.45, 7) is 9.95. The summed E-state index contributed by atoms with van der Waals surface area (Å²) in [5.41, 5.74) is 0. The van der Waals surface area contributed by atoms with Crippen molar-refractivity contribution < 1.29 is 9.53 Å². The fourth-order valence-electron chi connectivity index (χ4n) is 2.03. The lowest BCUT2D eigenvalue weighted by atomic mass is 10.3. The summed E-state index contributed by atoms with van der Waals surface area (Å²) in [6, 6.07) is 0. The lowest BCUT2D eigenvalue weighted by Gasteiger charge is -2.32. The average Bonchev–Trinajstić information content (AvgIpc) is 2.38. The molecule has 0 aromatic rings. The number of amides is 1. The van der Waals surface area contributed by atoms with E-state index in [0.29, 0.717) is 12.6 Å². The highest BCUT2D eigenvalue weighted by molar-refractivity contribution is 5.78. The molecule has 1 N–H and O–H groups in total. The molecule has 0 radical (unpaired) electrons. The van der Waals surface area contributed by atoms with E-state index in [2.05, 4.69) is 17.3 Å². The highest BCUT2D eigenvalue weighted by Gasteiger charge is 2.17. The number of hydrogen-bond acceptors (Lipinski definition) is 4. The number of nitrogens with one attached hydrogen (secondary N) is 1. The van der Waals surface area contributed by atoms with E-state index < -0.39 is 0 Å². The van der Waals surface area contributed by atoms with Gasteiger partial charge in [-0.3, -0.25) is 4.79 Å². The third-order valence-corrected chi connectivity index (χ3v) is 3.33. The van der Waals surface area contributed by atoms with Crippen LogP contribution in [-0.2, 0) is 9.53 Å². The number of ether oxygens (including phenoxy) is 1. The molecule has 5 heteroatoms. The van der Waals surface area contributed by atoms with Crippen LogP contribution in [0, 0.1) is 0 Å². The second kappa shape index (κ2) is 9.28. The van der Waals surface area contributed by atoms with Crippen LogP contribution in [-0.4, -0.2) is 74.7 Å². The van der Waals surface area contributed by atoms with Gasteiger partial charge >= 0.3 is 0 Å². The van der Waals surface area contributed by atoms with Crippen LogP contribution in [0.2, 0.25) is 0 Å². The summed E-state index contributed by atoms with van der Waals surface area (Å²) in [5.74, 6) is 0.228. The highest BCUT2D eigenvalue weighted by Crippen LogP contribution is 1.99. The SMILES string of the molecule is CC(C)OCCCCNCC(=O)N1CCN(C)CC1. The summed E-state index contributed by atoms with van der Waals surface area (Å²) in [4.78, 5) is 16.1. The van der Waals surface area contributed by atoms with Crippen LogP contribution in [0.3, 0.4) is 0 Å². The van der Waals surface area contributed by atoms with Gasteiger partial charge in [-0.05, 0) is 40.3 Å². The molecule has 112 valence electrons. The zero-order valence-electron chi connectivity index (χ0n) is 12.7. The van der Waals surface area contributed by atoms with Crippen LogP contribution >= 0.6 is 0 Å². The van der Waals surface area contributed by atoms with Crippen LogP contribution in [0.1, 0.15) is 26.7 Å². The molecule has 1 rings (SSSR count). The molecule has 1 aliphatic rings. The van der Waals surface area contributed by atoms with E-state index in [1.807, 2.05) is 18.7 Å². The molecule has 0 saturated carbocycles. The van der Waals surface area contributed by atoms with Crippen LogP contribution in [0.25, 0.3) is 0 Å². The molecular formula is C14H29N3O2. The number of nitrogens with zero attached hydrogens (tertiary/aromatic N) is 2. The minimum absolute atomic E-state index is 0.228. The molecule has 1 heterocycles. The van der Waals surface area contributed by atoms with Crippen LogP contribution < -0.4 is 5.32 Å². The van der Waals surface area contributed by atoms with Gasteiger partial charge in [-0.25, -0.2) is 0 Å². The van der Waals surface area contributed by atoms with Crippen molar-refractivity contribution in [2.75, 3.05) is 52.9 Å². The van der Waals surface area contributed by atoms with E-state index in [-0.39, 0.29) is 5.91 Å². The number of piperazine rings is 1. The van der Waals surface area contributed by atoms with Crippen molar-refractivity contribution in [2.24, 2.45) is 0 Å². The minimum Gasteiger partial charge on any atom is -0.379 e. The molecule has 1 amide bonds. The van der Waals surface area contributed by atoms with E-state index in [0.717, 1.165) is 52.2 Å². The van der Waals surface area contributed by atoms with Crippen molar-refractivity contribution in [2.45, 2.75) is 32.8 Å². The Morgan fingerprint density at radius 1 is 1.21 bits per heavy atom. The van der Waals surface area contributed by atoms with Crippen LogP contribution in [0.4, 0.5) is 0 Å². The number of carbonyl (C=O) groups is 1. The lowest BCUT2D eigenvalue weighted by molar-refractivity contribution is -0.131. The zero-order chi connectivity index (χ0) is 14.1. The molecule has 0 aromatic carbocycles. The molecule has 1 aliphatic heterocycles. The quantitative estimate of drug-likeness (QED) is 0.655. The fourth-order valence-corrected chi connectivity index (χ4v) is 2.03. The Bertz CT molecular complexity index is 251. The van der Waals surface area contributed by atoms with E-state index in [4.69, 9.17) is 4.74 Å². The standard InChI is InChI=1S/C14H29N3O2/c1-13(2)19-11-5-4-6-15-12-14(18)17-9-7-16(3)8-10-17/h13,15H,4-12H2,1-3H3. The van der Waals surface area contributed by atoms with Gasteiger partial charge in [0.1, 0.15) is 0 Å². The number of likely N-dealkylation sites (N-methyl/N-ethyl adjacent to an activating group) is 1. The van der Waals surface area contributed by atoms with Gasteiger partial charge in [-0.1, -0.05) is 0 Å². The molecule has 5 nitrogen and oxygen atoms in total. The number of unbranched alkanes of at least 4 members (excludes halogenated alkanes) is 1. The molecule has 1 saturated heterocycles. The van der Waals surface area contributed by atoms with E-state index in [1.165, 1.54) is 0 Å². The van der Waals surface area contributed by atoms with Gasteiger partial charge in [-0.2, -0.15) is 0 Å². The largest absolute Gasteiger partial charge is 0.379 e. The number of hydrogen-bond donors (Lipinski definition) is 1. The monoisotopic (exact) mass is 271 g/mol. The van der Waals surface area contributed by atoms with Gasteiger partial charge in [0.25, 0.3) is 0 Å². The highest BCUT2D eigenvalue weighted by atomic mass is 16.5. The lowest BCUT2D eigenvalue weighted by Crippen LogP contribution is -2.49. The van der Waals surface area contributed by atoms with Gasteiger partial charge in [0.2, 0.25) is 5.91 Å². The smallest absolute Gasteiger partial charge is 0.236 e. The molecule has 1 fully saturated rings. The van der Waals surface area contributed by atoms with Crippen LogP contribution in [0.15, 0.2) is 0 Å². The topological polar surface area (TPSA) is 44.8 Å². The first-order valence-electron chi connectivity index (χ1n) is 7.38. The van der Waals surface area contributed by atoms with Crippen molar-refractivity contribution in [3.05, 3.63) is 0 Å².